The zero-order chi connectivity index (χ0) is 23.7. The van der Waals surface area contributed by atoms with Crippen LogP contribution >= 0.6 is 0 Å². The van der Waals surface area contributed by atoms with Crippen molar-refractivity contribution >= 4 is 26.5 Å². The highest BCUT2D eigenvalue weighted by atomic mass is 28.4. The highest BCUT2D eigenvalue weighted by Crippen LogP contribution is 2.77. The van der Waals surface area contributed by atoms with Gasteiger partial charge in [0.15, 0.2) is 8.32 Å². The van der Waals surface area contributed by atoms with E-state index in [0.717, 1.165) is 37.5 Å². The summed E-state index contributed by atoms with van der Waals surface area (Å²) in [6.45, 7) is 12.8. The summed E-state index contributed by atoms with van der Waals surface area (Å²) in [4.78, 5) is 39.9. The normalized spacial score (nSPS) is 45.1. The predicted molar refractivity (Wildman–Crippen MR) is 122 cm³/mol. The molecule has 0 radical (unpaired) electrons. The summed E-state index contributed by atoms with van der Waals surface area (Å²) in [5.74, 6) is -1.51. The van der Waals surface area contributed by atoms with Crippen molar-refractivity contribution in [3.8, 4) is 0 Å². The molecular formula is C25H38O6Si. The van der Waals surface area contributed by atoms with Crippen LogP contribution in [0.3, 0.4) is 0 Å². The SMILES string of the molecule is C=C1[C@@H]2CCC3[C@]4(C=O)CCCC(C)(C(=O)OC)C4C(C(=O)OC)[C@]3(C2)[C@@H]1O[Si](C)(C)C. The van der Waals surface area contributed by atoms with Crippen molar-refractivity contribution in [2.45, 2.75) is 71.2 Å². The molecule has 0 aromatic heterocycles. The minimum Gasteiger partial charge on any atom is -0.469 e. The molecule has 0 aromatic rings. The summed E-state index contributed by atoms with van der Waals surface area (Å²) >= 11 is 0. The Morgan fingerprint density at radius 2 is 1.81 bits per heavy atom. The summed E-state index contributed by atoms with van der Waals surface area (Å²) in [6.07, 6.45) is 5.39. The third-order valence-corrected chi connectivity index (χ3v) is 10.3. The van der Waals surface area contributed by atoms with Crippen LogP contribution < -0.4 is 0 Å². The van der Waals surface area contributed by atoms with Crippen molar-refractivity contribution in [1.82, 2.24) is 0 Å². The average Bonchev–Trinajstić information content (AvgIpc) is 3.14. The van der Waals surface area contributed by atoms with Crippen LogP contribution in [0, 0.1) is 39.9 Å². The molecule has 1 spiro atoms. The van der Waals surface area contributed by atoms with E-state index in [1.807, 2.05) is 6.92 Å². The van der Waals surface area contributed by atoms with E-state index in [4.69, 9.17) is 13.9 Å². The molecule has 0 N–H and O–H groups in total. The number of aldehydes is 1. The van der Waals surface area contributed by atoms with Gasteiger partial charge in [-0.15, -0.1) is 0 Å². The topological polar surface area (TPSA) is 78.9 Å². The number of fused-ring (bicyclic) bond motifs is 3. The third kappa shape index (κ3) is 2.89. The van der Waals surface area contributed by atoms with Crippen LogP contribution in [0.5, 0.6) is 0 Å². The molecule has 178 valence electrons. The van der Waals surface area contributed by atoms with Crippen LogP contribution in [0.2, 0.25) is 19.6 Å². The Labute approximate surface area is 192 Å². The van der Waals surface area contributed by atoms with Crippen LogP contribution in [0.1, 0.15) is 45.4 Å². The van der Waals surface area contributed by atoms with E-state index in [-0.39, 0.29) is 29.9 Å². The lowest BCUT2D eigenvalue weighted by atomic mass is 9.53. The van der Waals surface area contributed by atoms with Gasteiger partial charge in [0.1, 0.15) is 6.29 Å². The first-order valence-electron chi connectivity index (χ1n) is 11.9. The molecule has 4 aliphatic carbocycles. The zero-order valence-electron chi connectivity index (χ0n) is 20.4. The Hall–Kier alpha value is -1.47. The van der Waals surface area contributed by atoms with Gasteiger partial charge in [0.05, 0.1) is 31.7 Å². The third-order valence-electron chi connectivity index (χ3n) is 9.33. The summed E-state index contributed by atoms with van der Waals surface area (Å²) in [6, 6.07) is 0. The second-order valence-corrected chi connectivity index (χ2v) is 16.3. The van der Waals surface area contributed by atoms with E-state index in [9.17, 15) is 14.4 Å². The van der Waals surface area contributed by atoms with Gasteiger partial charge in [-0.05, 0) is 76.1 Å². The molecule has 4 rings (SSSR count). The maximum atomic E-state index is 13.6. The summed E-state index contributed by atoms with van der Waals surface area (Å²) in [7, 11) is 0.796. The fourth-order valence-corrected chi connectivity index (χ4v) is 9.57. The Kier molecular flexibility index (Phi) is 5.56. The standard InChI is InChI=1S/C25H38O6Si/c1-15-16-9-10-17-24(14-26)12-8-11-23(2,22(28)30-4)19(24)18(21(27)29-3)25(17,13-16)20(15)31-32(5,6)7/h14,16-20H,1,8-13H2,2-7H3/t16-,17?,18?,19?,20-,23?,24-,25-/m1/s1. The van der Waals surface area contributed by atoms with Gasteiger partial charge in [-0.25, -0.2) is 0 Å². The quantitative estimate of drug-likeness (QED) is 0.264. The molecule has 7 heteroatoms. The smallest absolute Gasteiger partial charge is 0.311 e. The maximum Gasteiger partial charge on any atom is 0.311 e. The van der Waals surface area contributed by atoms with Crippen LogP contribution in [-0.2, 0) is 28.3 Å². The van der Waals surface area contributed by atoms with E-state index in [1.54, 1.807) is 0 Å². The molecule has 0 aliphatic heterocycles. The van der Waals surface area contributed by atoms with E-state index < -0.39 is 36.4 Å². The van der Waals surface area contributed by atoms with Gasteiger partial charge >= 0.3 is 11.9 Å². The van der Waals surface area contributed by atoms with Crippen molar-refractivity contribution in [3.63, 3.8) is 0 Å². The number of hydrogen-bond acceptors (Lipinski definition) is 6. The van der Waals surface area contributed by atoms with E-state index in [1.165, 1.54) is 14.2 Å². The minimum atomic E-state index is -2.00. The molecule has 4 aliphatic rings. The minimum absolute atomic E-state index is 0.0391. The van der Waals surface area contributed by atoms with Crippen molar-refractivity contribution < 1.29 is 28.3 Å². The first-order valence-corrected chi connectivity index (χ1v) is 15.3. The molecular weight excluding hydrogens is 424 g/mol. The predicted octanol–water partition coefficient (Wildman–Crippen LogP) is 4.15. The van der Waals surface area contributed by atoms with E-state index in [0.29, 0.717) is 12.8 Å². The Balaban J connectivity index is 2.00. The van der Waals surface area contributed by atoms with Gasteiger partial charge < -0.3 is 18.7 Å². The molecule has 4 unspecified atom stereocenters. The number of rotatable bonds is 5. The lowest BCUT2D eigenvalue weighted by molar-refractivity contribution is -0.171. The number of carbonyl (C=O) groups excluding carboxylic acids is 3. The molecule has 0 heterocycles. The van der Waals surface area contributed by atoms with Crippen molar-refractivity contribution in [1.29, 1.82) is 0 Å². The molecule has 0 amide bonds. The van der Waals surface area contributed by atoms with Gasteiger partial charge in [-0.2, -0.15) is 0 Å². The number of methoxy groups -OCH3 is 2. The molecule has 8 atom stereocenters. The Morgan fingerprint density at radius 1 is 1.12 bits per heavy atom. The first-order chi connectivity index (χ1) is 14.9. The number of hydrogen-bond donors (Lipinski definition) is 0. The highest BCUT2D eigenvalue weighted by Gasteiger charge is 2.79. The van der Waals surface area contributed by atoms with E-state index in [2.05, 4.69) is 26.2 Å². The van der Waals surface area contributed by atoms with Crippen LogP contribution in [-0.4, -0.2) is 46.9 Å². The van der Waals surface area contributed by atoms with Crippen LogP contribution in [0.15, 0.2) is 12.2 Å². The van der Waals surface area contributed by atoms with Crippen molar-refractivity contribution in [2.24, 2.45) is 39.9 Å². The molecule has 0 aromatic carbocycles. The maximum absolute atomic E-state index is 13.6. The van der Waals surface area contributed by atoms with Gasteiger partial charge in [-0.3, -0.25) is 9.59 Å². The largest absolute Gasteiger partial charge is 0.469 e. The molecule has 4 fully saturated rings. The van der Waals surface area contributed by atoms with E-state index >= 15 is 0 Å². The molecule has 4 saturated carbocycles. The number of ether oxygens (including phenoxy) is 2. The summed E-state index contributed by atoms with van der Waals surface area (Å²) < 4.78 is 17.5. The van der Waals surface area contributed by atoms with Crippen LogP contribution in [0.4, 0.5) is 0 Å². The van der Waals surface area contributed by atoms with Crippen molar-refractivity contribution in [3.05, 3.63) is 12.2 Å². The van der Waals surface area contributed by atoms with Gasteiger partial charge in [0.25, 0.3) is 0 Å². The Bertz CT molecular complexity index is 848. The van der Waals surface area contributed by atoms with Crippen LogP contribution in [0.25, 0.3) is 0 Å². The average molecular weight is 463 g/mol. The lowest BCUT2D eigenvalue weighted by Crippen LogP contribution is -2.53. The number of esters is 2. The van der Waals surface area contributed by atoms with Crippen molar-refractivity contribution in [2.75, 3.05) is 14.2 Å². The second kappa shape index (κ2) is 7.52. The highest BCUT2D eigenvalue weighted by molar-refractivity contribution is 6.69. The molecule has 0 saturated heterocycles. The summed E-state index contributed by atoms with van der Waals surface area (Å²) in [5.41, 5.74) is -1.21. The first kappa shape index (κ1) is 23.7. The lowest BCUT2D eigenvalue weighted by Gasteiger charge is -2.49. The Morgan fingerprint density at radius 3 is 2.38 bits per heavy atom. The molecule has 2 bridgehead atoms. The number of carbonyl (C=O) groups is 3. The monoisotopic (exact) mass is 462 g/mol. The second-order valence-electron chi connectivity index (χ2n) is 11.8. The molecule has 6 nitrogen and oxygen atoms in total. The summed E-state index contributed by atoms with van der Waals surface area (Å²) in [5, 5.41) is 0. The van der Waals surface area contributed by atoms with Gasteiger partial charge in [0, 0.05) is 16.7 Å². The molecule has 32 heavy (non-hydrogen) atoms. The van der Waals surface area contributed by atoms with Gasteiger partial charge in [-0.1, -0.05) is 13.0 Å². The fourth-order valence-electron chi connectivity index (χ4n) is 8.49. The zero-order valence-corrected chi connectivity index (χ0v) is 21.4. The fraction of sp³-hybridized carbons (Fsp3) is 0.800. The van der Waals surface area contributed by atoms with Gasteiger partial charge in [0.2, 0.25) is 0 Å².